The van der Waals surface area contributed by atoms with E-state index in [4.69, 9.17) is 5.11 Å². The molecule has 4 nitrogen and oxygen atoms in total. The van der Waals surface area contributed by atoms with Crippen molar-refractivity contribution >= 4 is 23.0 Å². The molecule has 5 heteroatoms. The van der Waals surface area contributed by atoms with Crippen molar-refractivity contribution in [3.63, 3.8) is 0 Å². The van der Waals surface area contributed by atoms with Crippen LogP contribution in [-0.4, -0.2) is 23.1 Å². The zero-order valence-electron chi connectivity index (χ0n) is 9.33. The lowest BCUT2D eigenvalue weighted by atomic mass is 10.2. The van der Waals surface area contributed by atoms with Crippen molar-refractivity contribution in [1.82, 2.24) is 4.98 Å². The molecule has 0 bridgehead atoms. The van der Waals surface area contributed by atoms with Crippen LogP contribution in [0.4, 0.5) is 5.69 Å². The molecule has 2 aromatic rings. The van der Waals surface area contributed by atoms with Gasteiger partial charge in [-0.05, 0) is 17.7 Å². The Kier molecular flexibility index (Phi) is 3.39. The fourth-order valence-corrected chi connectivity index (χ4v) is 2.28. The minimum Gasteiger partial charge on any atom is -0.477 e. The summed E-state index contributed by atoms with van der Waals surface area (Å²) in [6, 6.07) is 5.57. The Morgan fingerprint density at radius 2 is 2.41 bits per heavy atom. The van der Waals surface area contributed by atoms with Gasteiger partial charge in [0.15, 0.2) is 0 Å². The number of nitrogens with zero attached hydrogens (tertiary/aromatic N) is 2. The molecular weight excluding hydrogens is 236 g/mol. The van der Waals surface area contributed by atoms with Gasteiger partial charge in [-0.2, -0.15) is 0 Å². The number of hydrogen-bond donors (Lipinski definition) is 1. The van der Waals surface area contributed by atoms with Crippen LogP contribution in [0.5, 0.6) is 0 Å². The van der Waals surface area contributed by atoms with Crippen molar-refractivity contribution in [2.75, 3.05) is 11.9 Å². The standard InChI is InChI=1S/C12H12N2O2S/c1-14(7-9-3-2-4-13-6-9)10-5-11(12(15)16)17-8-10/h2-6,8H,7H2,1H3,(H,15,16). The Morgan fingerprint density at radius 3 is 3.00 bits per heavy atom. The van der Waals surface area contributed by atoms with E-state index in [1.165, 1.54) is 11.3 Å². The molecule has 1 N–H and O–H groups in total. The zero-order chi connectivity index (χ0) is 12.3. The maximum atomic E-state index is 10.8. The average Bonchev–Trinajstić information content (AvgIpc) is 2.79. The van der Waals surface area contributed by atoms with Crippen molar-refractivity contribution in [2.24, 2.45) is 0 Å². The summed E-state index contributed by atoms with van der Waals surface area (Å²) in [6.45, 7) is 0.712. The molecule has 0 saturated carbocycles. The Morgan fingerprint density at radius 1 is 1.59 bits per heavy atom. The van der Waals surface area contributed by atoms with Crippen molar-refractivity contribution < 1.29 is 9.90 Å². The molecule has 2 rings (SSSR count). The topological polar surface area (TPSA) is 53.4 Å². The van der Waals surface area contributed by atoms with E-state index in [-0.39, 0.29) is 0 Å². The fourth-order valence-electron chi connectivity index (χ4n) is 1.50. The van der Waals surface area contributed by atoms with Crippen LogP contribution in [0.1, 0.15) is 15.2 Å². The highest BCUT2D eigenvalue weighted by atomic mass is 32.1. The van der Waals surface area contributed by atoms with Crippen LogP contribution in [0.15, 0.2) is 36.0 Å². The van der Waals surface area contributed by atoms with Gasteiger partial charge in [-0.25, -0.2) is 4.79 Å². The summed E-state index contributed by atoms with van der Waals surface area (Å²) in [6.07, 6.45) is 3.54. The van der Waals surface area contributed by atoms with E-state index < -0.39 is 5.97 Å². The molecule has 0 saturated heterocycles. The van der Waals surface area contributed by atoms with E-state index in [1.54, 1.807) is 18.5 Å². The van der Waals surface area contributed by atoms with Crippen molar-refractivity contribution in [3.05, 3.63) is 46.4 Å². The lowest BCUT2D eigenvalue weighted by molar-refractivity contribution is 0.0702. The number of aromatic nitrogens is 1. The Balaban J connectivity index is 2.09. The van der Waals surface area contributed by atoms with Crippen LogP contribution >= 0.6 is 11.3 Å². The van der Waals surface area contributed by atoms with Gasteiger partial charge in [-0.1, -0.05) is 6.07 Å². The summed E-state index contributed by atoms with van der Waals surface area (Å²) in [4.78, 5) is 17.2. The van der Waals surface area contributed by atoms with Gasteiger partial charge in [0.25, 0.3) is 0 Å². The van der Waals surface area contributed by atoms with Crippen LogP contribution in [-0.2, 0) is 6.54 Å². The second-order valence-electron chi connectivity index (χ2n) is 3.69. The van der Waals surface area contributed by atoms with E-state index in [0.717, 1.165) is 11.3 Å². The maximum Gasteiger partial charge on any atom is 0.345 e. The van der Waals surface area contributed by atoms with E-state index in [0.29, 0.717) is 11.4 Å². The summed E-state index contributed by atoms with van der Waals surface area (Å²) >= 11 is 1.24. The summed E-state index contributed by atoms with van der Waals surface area (Å²) in [7, 11) is 1.93. The quantitative estimate of drug-likeness (QED) is 0.903. The third-order valence-electron chi connectivity index (χ3n) is 2.38. The number of carboxylic acid groups (broad SMARTS) is 1. The van der Waals surface area contributed by atoms with E-state index >= 15 is 0 Å². The number of carboxylic acids is 1. The highest BCUT2D eigenvalue weighted by Gasteiger charge is 2.09. The van der Waals surface area contributed by atoms with Gasteiger partial charge in [0.1, 0.15) is 4.88 Å². The van der Waals surface area contributed by atoms with Crippen LogP contribution in [0, 0.1) is 0 Å². The molecule has 0 amide bonds. The Bertz CT molecular complexity index is 510. The molecule has 2 aromatic heterocycles. The molecule has 0 radical (unpaired) electrons. The third kappa shape index (κ3) is 2.82. The van der Waals surface area contributed by atoms with Crippen LogP contribution in [0.25, 0.3) is 0 Å². The van der Waals surface area contributed by atoms with E-state index in [2.05, 4.69) is 4.98 Å². The molecule has 2 heterocycles. The van der Waals surface area contributed by atoms with Crippen molar-refractivity contribution in [1.29, 1.82) is 0 Å². The molecule has 0 aliphatic carbocycles. The SMILES string of the molecule is CN(Cc1cccnc1)c1csc(C(=O)O)c1. The highest BCUT2D eigenvalue weighted by molar-refractivity contribution is 7.12. The number of pyridine rings is 1. The van der Waals surface area contributed by atoms with Crippen LogP contribution in [0.2, 0.25) is 0 Å². The van der Waals surface area contributed by atoms with Gasteiger partial charge in [0.2, 0.25) is 0 Å². The molecule has 17 heavy (non-hydrogen) atoms. The summed E-state index contributed by atoms with van der Waals surface area (Å²) in [5.41, 5.74) is 2.01. The van der Waals surface area contributed by atoms with Crippen molar-refractivity contribution in [2.45, 2.75) is 6.54 Å². The summed E-state index contributed by atoms with van der Waals surface area (Å²) < 4.78 is 0. The van der Waals surface area contributed by atoms with Crippen LogP contribution < -0.4 is 4.90 Å². The molecule has 0 unspecified atom stereocenters. The lowest BCUT2D eigenvalue weighted by Crippen LogP contribution is -2.15. The van der Waals surface area contributed by atoms with E-state index in [9.17, 15) is 4.79 Å². The minimum absolute atomic E-state index is 0.359. The Labute approximate surface area is 103 Å². The minimum atomic E-state index is -0.879. The fraction of sp³-hybridized carbons (Fsp3) is 0.167. The Hall–Kier alpha value is -1.88. The van der Waals surface area contributed by atoms with Gasteiger partial charge >= 0.3 is 5.97 Å². The van der Waals surface area contributed by atoms with Gasteiger partial charge in [-0.15, -0.1) is 11.3 Å². The first-order chi connectivity index (χ1) is 8.16. The first-order valence-corrected chi connectivity index (χ1v) is 5.96. The predicted octanol–water partition coefficient (Wildman–Crippen LogP) is 2.48. The number of anilines is 1. The van der Waals surface area contributed by atoms with Gasteiger partial charge in [0, 0.05) is 37.1 Å². The predicted molar refractivity (Wildman–Crippen MR) is 67.6 cm³/mol. The van der Waals surface area contributed by atoms with Crippen molar-refractivity contribution in [3.8, 4) is 0 Å². The molecule has 0 aliphatic heterocycles. The monoisotopic (exact) mass is 248 g/mol. The second-order valence-corrected chi connectivity index (χ2v) is 4.60. The molecule has 0 aliphatic rings. The number of rotatable bonds is 4. The number of carbonyl (C=O) groups is 1. The average molecular weight is 248 g/mol. The molecular formula is C12H12N2O2S. The van der Waals surface area contributed by atoms with Crippen LogP contribution in [0.3, 0.4) is 0 Å². The maximum absolute atomic E-state index is 10.8. The second kappa shape index (κ2) is 4.97. The van der Waals surface area contributed by atoms with Gasteiger partial charge in [-0.3, -0.25) is 4.98 Å². The first kappa shape index (κ1) is 11.6. The zero-order valence-corrected chi connectivity index (χ0v) is 10.1. The number of aromatic carboxylic acids is 1. The highest BCUT2D eigenvalue weighted by Crippen LogP contribution is 2.23. The smallest absolute Gasteiger partial charge is 0.345 e. The molecule has 0 fully saturated rings. The number of hydrogen-bond acceptors (Lipinski definition) is 4. The molecule has 0 spiro atoms. The van der Waals surface area contributed by atoms with Gasteiger partial charge in [0.05, 0.1) is 0 Å². The molecule has 0 atom stereocenters. The lowest BCUT2D eigenvalue weighted by Gasteiger charge is -2.17. The normalized spacial score (nSPS) is 10.2. The number of thiophene rings is 1. The summed E-state index contributed by atoms with van der Waals surface area (Å²) in [5, 5.41) is 10.7. The van der Waals surface area contributed by atoms with Gasteiger partial charge < -0.3 is 10.0 Å². The molecule has 88 valence electrons. The van der Waals surface area contributed by atoms with E-state index in [1.807, 2.05) is 29.5 Å². The largest absolute Gasteiger partial charge is 0.477 e. The first-order valence-electron chi connectivity index (χ1n) is 5.08. The molecule has 0 aromatic carbocycles. The third-order valence-corrected chi connectivity index (χ3v) is 3.29. The summed E-state index contributed by atoms with van der Waals surface area (Å²) in [5.74, 6) is -0.879.